The molecule has 0 aliphatic rings. The van der Waals surface area contributed by atoms with Gasteiger partial charge in [0.15, 0.2) is 0 Å². The van der Waals surface area contributed by atoms with Gasteiger partial charge in [-0.3, -0.25) is 0 Å². The van der Waals surface area contributed by atoms with Crippen molar-refractivity contribution in [3.63, 3.8) is 0 Å². The van der Waals surface area contributed by atoms with Crippen LogP contribution >= 0.6 is 11.6 Å². The third-order valence-corrected chi connectivity index (χ3v) is 2.37. The summed E-state index contributed by atoms with van der Waals surface area (Å²) in [7, 11) is 1.38. The highest BCUT2D eigenvalue weighted by atomic mass is 35.5. The Bertz CT molecular complexity index is 310. The molecule has 1 rings (SSSR count). The number of aliphatic hydroxyl groups is 2. The van der Waals surface area contributed by atoms with E-state index < -0.39 is 12.2 Å². The number of methoxy groups -OCH3 is 1. The van der Waals surface area contributed by atoms with E-state index in [0.29, 0.717) is 6.29 Å². The molecule has 4 N–H and O–H groups in total. The van der Waals surface area contributed by atoms with Gasteiger partial charge in [-0.1, -0.05) is 11.6 Å². The van der Waals surface area contributed by atoms with Gasteiger partial charge in [-0.25, -0.2) is 0 Å². The number of benzene rings is 1. The highest BCUT2D eigenvalue weighted by molar-refractivity contribution is 6.30. The predicted octanol–water partition coefficient (Wildman–Crippen LogP) is 0.866. The van der Waals surface area contributed by atoms with E-state index in [2.05, 4.69) is 0 Å². The van der Waals surface area contributed by atoms with E-state index in [1.165, 1.54) is 7.11 Å². The fraction of sp³-hybridized carbons (Fsp3) is 0.417. The largest absolute Gasteiger partial charge is 0.399 e. The minimum atomic E-state index is -0.963. The van der Waals surface area contributed by atoms with Crippen molar-refractivity contribution in [2.75, 3.05) is 19.5 Å². The van der Waals surface area contributed by atoms with Crippen LogP contribution in [0.1, 0.15) is 6.42 Å². The van der Waals surface area contributed by atoms with Crippen molar-refractivity contribution in [3.8, 4) is 0 Å². The number of halogens is 1. The van der Waals surface area contributed by atoms with Crippen LogP contribution in [0.25, 0.3) is 0 Å². The summed E-state index contributed by atoms with van der Waals surface area (Å²) in [6.07, 6.45) is -0.789. The molecule has 0 spiro atoms. The zero-order valence-corrected chi connectivity index (χ0v) is 10.9. The van der Waals surface area contributed by atoms with Crippen molar-refractivity contribution in [2.24, 2.45) is 0 Å². The van der Waals surface area contributed by atoms with Gasteiger partial charge in [0, 0.05) is 24.2 Å². The van der Waals surface area contributed by atoms with Crippen molar-refractivity contribution in [1.29, 1.82) is 0 Å². The zero-order chi connectivity index (χ0) is 14.0. The Morgan fingerprint density at radius 1 is 1.44 bits per heavy atom. The third-order valence-electron chi connectivity index (χ3n) is 2.12. The molecule has 0 fully saturated rings. The molecule has 0 bridgehead atoms. The number of hydrogen-bond donors (Lipinski definition) is 3. The van der Waals surface area contributed by atoms with Gasteiger partial charge in [0.1, 0.15) is 12.4 Å². The van der Waals surface area contributed by atoms with E-state index >= 15 is 0 Å². The first-order valence-electron chi connectivity index (χ1n) is 5.31. The second-order valence-corrected chi connectivity index (χ2v) is 3.91. The van der Waals surface area contributed by atoms with Gasteiger partial charge in [-0.2, -0.15) is 0 Å². The lowest BCUT2D eigenvalue weighted by Gasteiger charge is -2.16. The molecule has 0 radical (unpaired) electrons. The smallest absolute Gasteiger partial charge is 0.122 e. The Kier molecular flexibility index (Phi) is 9.22. The van der Waals surface area contributed by atoms with Crippen LogP contribution in [0.2, 0.25) is 5.02 Å². The van der Waals surface area contributed by atoms with E-state index in [-0.39, 0.29) is 13.0 Å². The van der Waals surface area contributed by atoms with Crippen LogP contribution in [0.4, 0.5) is 5.69 Å². The lowest BCUT2D eigenvalue weighted by molar-refractivity contribution is -0.113. The van der Waals surface area contributed by atoms with Gasteiger partial charge in [-0.15, -0.1) is 0 Å². The van der Waals surface area contributed by atoms with Gasteiger partial charge in [0.2, 0.25) is 0 Å². The summed E-state index contributed by atoms with van der Waals surface area (Å²) in [5, 5.41) is 18.1. The Hall–Kier alpha value is -1.14. The summed E-state index contributed by atoms with van der Waals surface area (Å²) in [5.74, 6) is 0. The Balaban J connectivity index is 0.000000327. The van der Waals surface area contributed by atoms with Crippen LogP contribution in [-0.2, 0) is 9.53 Å². The number of anilines is 1. The summed E-state index contributed by atoms with van der Waals surface area (Å²) >= 11 is 5.56. The van der Waals surface area contributed by atoms with Crippen LogP contribution < -0.4 is 5.73 Å². The number of aliphatic hydroxyl groups excluding tert-OH is 2. The summed E-state index contributed by atoms with van der Waals surface area (Å²) in [6.45, 7) is -0.383. The summed E-state index contributed by atoms with van der Waals surface area (Å²) in [4.78, 5) is 9.92. The predicted molar refractivity (Wildman–Crippen MR) is 70.4 cm³/mol. The third kappa shape index (κ3) is 7.24. The maximum absolute atomic E-state index is 9.92. The number of rotatable bonds is 5. The summed E-state index contributed by atoms with van der Waals surface area (Å²) in [5.41, 5.74) is 6.11. The first kappa shape index (κ1) is 16.9. The van der Waals surface area contributed by atoms with E-state index in [9.17, 15) is 4.79 Å². The van der Waals surface area contributed by atoms with Crippen molar-refractivity contribution in [2.45, 2.75) is 18.6 Å². The molecular weight excluding hydrogens is 258 g/mol. The lowest BCUT2D eigenvalue weighted by atomic mass is 10.1. The molecule has 0 saturated carbocycles. The number of nitrogens with two attached hydrogens (primary N) is 1. The number of carbonyl (C=O) groups is 1. The van der Waals surface area contributed by atoms with Gasteiger partial charge in [0.25, 0.3) is 0 Å². The first-order valence-corrected chi connectivity index (χ1v) is 5.69. The fourth-order valence-electron chi connectivity index (χ4n) is 1.09. The van der Waals surface area contributed by atoms with Gasteiger partial charge >= 0.3 is 0 Å². The Labute approximate surface area is 111 Å². The molecule has 0 heterocycles. The minimum Gasteiger partial charge on any atom is -0.399 e. The van der Waals surface area contributed by atoms with Crippen LogP contribution in [0.15, 0.2) is 24.3 Å². The van der Waals surface area contributed by atoms with Crippen LogP contribution in [0.3, 0.4) is 0 Å². The van der Waals surface area contributed by atoms with E-state index in [1.54, 1.807) is 24.3 Å². The lowest BCUT2D eigenvalue weighted by Crippen LogP contribution is -2.31. The highest BCUT2D eigenvalue weighted by Gasteiger charge is 2.16. The van der Waals surface area contributed by atoms with Crippen molar-refractivity contribution >= 4 is 23.6 Å². The molecular formula is C12H18ClNO4. The monoisotopic (exact) mass is 275 g/mol. The number of carbonyl (C=O) groups excluding carboxylic acids is 1. The SMILES string of the molecule is COC(CC=O)C(O)CO.Nc1ccc(Cl)cc1. The van der Waals surface area contributed by atoms with Crippen molar-refractivity contribution < 1.29 is 19.7 Å². The van der Waals surface area contributed by atoms with Crippen LogP contribution in [0, 0.1) is 0 Å². The van der Waals surface area contributed by atoms with Gasteiger partial charge < -0.3 is 25.5 Å². The zero-order valence-electron chi connectivity index (χ0n) is 10.1. The second-order valence-electron chi connectivity index (χ2n) is 3.48. The standard InChI is InChI=1S/C6H6ClN.C6H12O4/c7-5-1-3-6(8)4-2-5;1-10-6(2-3-7)5(9)4-8/h1-4H,8H2;3,5-6,8-9H,2,4H2,1H3. The molecule has 0 amide bonds. The van der Waals surface area contributed by atoms with E-state index in [4.69, 9.17) is 32.3 Å². The fourth-order valence-corrected chi connectivity index (χ4v) is 1.21. The van der Waals surface area contributed by atoms with Gasteiger partial charge in [-0.05, 0) is 24.3 Å². The molecule has 6 heteroatoms. The Morgan fingerprint density at radius 2 is 2.00 bits per heavy atom. The number of aldehydes is 1. The average Bonchev–Trinajstić information content (AvgIpc) is 2.39. The number of hydrogen-bond acceptors (Lipinski definition) is 5. The average molecular weight is 276 g/mol. The molecule has 2 unspecified atom stereocenters. The Morgan fingerprint density at radius 3 is 2.33 bits per heavy atom. The molecule has 1 aromatic carbocycles. The van der Waals surface area contributed by atoms with E-state index in [1.807, 2.05) is 0 Å². The highest BCUT2D eigenvalue weighted by Crippen LogP contribution is 2.09. The quantitative estimate of drug-likeness (QED) is 0.548. The van der Waals surface area contributed by atoms with Crippen molar-refractivity contribution in [1.82, 2.24) is 0 Å². The number of ether oxygens (including phenoxy) is 1. The maximum atomic E-state index is 9.92. The molecule has 18 heavy (non-hydrogen) atoms. The molecule has 2 atom stereocenters. The maximum Gasteiger partial charge on any atom is 0.122 e. The summed E-state index contributed by atoms with van der Waals surface area (Å²) < 4.78 is 4.70. The first-order chi connectivity index (χ1) is 8.54. The molecule has 0 saturated heterocycles. The second kappa shape index (κ2) is 9.85. The van der Waals surface area contributed by atoms with Gasteiger partial charge in [0.05, 0.1) is 12.7 Å². The van der Waals surface area contributed by atoms with Crippen LogP contribution in [0.5, 0.6) is 0 Å². The number of nitrogen functional groups attached to an aromatic ring is 1. The minimum absolute atomic E-state index is 0.109. The van der Waals surface area contributed by atoms with E-state index in [0.717, 1.165) is 10.7 Å². The van der Waals surface area contributed by atoms with Crippen LogP contribution in [-0.4, -0.2) is 42.4 Å². The molecule has 1 aromatic rings. The molecule has 0 aliphatic carbocycles. The van der Waals surface area contributed by atoms with Crippen molar-refractivity contribution in [3.05, 3.63) is 29.3 Å². The normalized spacial score (nSPS) is 13.1. The molecule has 0 aromatic heterocycles. The summed E-state index contributed by atoms with van der Waals surface area (Å²) in [6, 6.07) is 7.05. The molecule has 102 valence electrons. The molecule has 0 aliphatic heterocycles. The topological polar surface area (TPSA) is 92.8 Å². The molecule has 5 nitrogen and oxygen atoms in total.